The third-order valence-electron chi connectivity index (χ3n) is 1.11. The average Bonchev–Trinajstić information content (AvgIpc) is 2.19. The first-order chi connectivity index (χ1) is 3.93. The van der Waals surface area contributed by atoms with Gasteiger partial charge in [-0.3, -0.25) is 0 Å². The van der Waals surface area contributed by atoms with Gasteiger partial charge in [0.15, 0.2) is 0 Å². The van der Waals surface area contributed by atoms with Gasteiger partial charge in [-0.2, -0.15) is 0 Å². The van der Waals surface area contributed by atoms with E-state index in [0.717, 1.165) is 12.8 Å². The first-order valence-electron chi connectivity index (χ1n) is 2.85. The maximum Gasteiger partial charge on any atom is 0.0147 e. The third-order valence-corrected chi connectivity index (χ3v) is 1.11. The van der Waals surface area contributed by atoms with Crippen LogP contribution in [-0.4, -0.2) is 4.98 Å². The first kappa shape index (κ1) is 5.42. The largest absolute Gasteiger partial charge is 0.365 e. The SMILES string of the molecule is [CH2]CCc1ccc[nH]1. The van der Waals surface area contributed by atoms with Crippen LogP contribution < -0.4 is 0 Å². The Labute approximate surface area is 49.7 Å². The molecule has 0 aliphatic heterocycles. The zero-order valence-electron chi connectivity index (χ0n) is 4.85. The molecule has 1 radical (unpaired) electrons. The lowest BCUT2D eigenvalue weighted by molar-refractivity contribution is 0.957. The summed E-state index contributed by atoms with van der Waals surface area (Å²) in [5.74, 6) is 0. The second kappa shape index (κ2) is 2.55. The highest BCUT2D eigenvalue weighted by Crippen LogP contribution is 1.96. The quantitative estimate of drug-likeness (QED) is 0.594. The van der Waals surface area contributed by atoms with E-state index in [2.05, 4.69) is 18.0 Å². The van der Waals surface area contributed by atoms with Crippen molar-refractivity contribution in [2.75, 3.05) is 0 Å². The normalized spacial score (nSPS) is 9.62. The average molecular weight is 108 g/mol. The Kier molecular flexibility index (Phi) is 1.73. The highest BCUT2D eigenvalue weighted by molar-refractivity contribution is 5.03. The van der Waals surface area contributed by atoms with Crippen molar-refractivity contribution < 1.29 is 0 Å². The summed E-state index contributed by atoms with van der Waals surface area (Å²) in [7, 11) is 0. The fraction of sp³-hybridized carbons (Fsp3) is 0.286. The summed E-state index contributed by atoms with van der Waals surface area (Å²) in [4.78, 5) is 3.10. The molecule has 0 fully saturated rings. The van der Waals surface area contributed by atoms with Crippen LogP contribution in [0.2, 0.25) is 0 Å². The molecule has 0 spiro atoms. The highest BCUT2D eigenvalue weighted by atomic mass is 14.7. The van der Waals surface area contributed by atoms with Crippen LogP contribution in [0.3, 0.4) is 0 Å². The number of aromatic nitrogens is 1. The summed E-state index contributed by atoms with van der Waals surface area (Å²) in [6, 6.07) is 4.08. The van der Waals surface area contributed by atoms with Crippen molar-refractivity contribution in [3.63, 3.8) is 0 Å². The molecule has 0 aliphatic rings. The van der Waals surface area contributed by atoms with E-state index in [0.29, 0.717) is 0 Å². The van der Waals surface area contributed by atoms with Crippen LogP contribution in [0.4, 0.5) is 0 Å². The van der Waals surface area contributed by atoms with Crippen LogP contribution in [0.25, 0.3) is 0 Å². The summed E-state index contributed by atoms with van der Waals surface area (Å²) >= 11 is 0. The number of nitrogens with one attached hydrogen (secondary N) is 1. The number of H-pyrrole nitrogens is 1. The molecular formula is C7H10N. The molecule has 1 aromatic rings. The van der Waals surface area contributed by atoms with Gasteiger partial charge in [0.25, 0.3) is 0 Å². The van der Waals surface area contributed by atoms with Gasteiger partial charge in [-0.1, -0.05) is 6.92 Å². The lowest BCUT2D eigenvalue weighted by atomic mass is 10.3. The molecule has 0 amide bonds. The fourth-order valence-electron chi connectivity index (χ4n) is 0.713. The van der Waals surface area contributed by atoms with Gasteiger partial charge in [0.2, 0.25) is 0 Å². The molecule has 1 aromatic heterocycles. The van der Waals surface area contributed by atoms with Crippen molar-refractivity contribution in [3.05, 3.63) is 30.9 Å². The van der Waals surface area contributed by atoms with Crippen molar-refractivity contribution in [2.45, 2.75) is 12.8 Å². The molecule has 1 heterocycles. The summed E-state index contributed by atoms with van der Waals surface area (Å²) in [6.07, 6.45) is 3.97. The van der Waals surface area contributed by atoms with Gasteiger partial charge in [0, 0.05) is 11.9 Å². The molecular weight excluding hydrogens is 98.1 g/mol. The molecule has 8 heavy (non-hydrogen) atoms. The van der Waals surface area contributed by atoms with Crippen molar-refractivity contribution in [3.8, 4) is 0 Å². The highest BCUT2D eigenvalue weighted by Gasteiger charge is 1.85. The predicted octanol–water partition coefficient (Wildman–Crippen LogP) is 1.78. The number of hydrogen-bond acceptors (Lipinski definition) is 0. The van der Waals surface area contributed by atoms with Crippen LogP contribution in [0.1, 0.15) is 12.1 Å². The number of aryl methyl sites for hydroxylation is 1. The molecule has 43 valence electrons. The van der Waals surface area contributed by atoms with E-state index in [9.17, 15) is 0 Å². The Balaban J connectivity index is 2.50. The van der Waals surface area contributed by atoms with Crippen LogP contribution >= 0.6 is 0 Å². The van der Waals surface area contributed by atoms with Crippen LogP contribution in [0.5, 0.6) is 0 Å². The lowest BCUT2D eigenvalue weighted by Crippen LogP contribution is -1.79. The molecule has 0 aromatic carbocycles. The zero-order chi connectivity index (χ0) is 5.82. The van der Waals surface area contributed by atoms with Crippen molar-refractivity contribution in [2.24, 2.45) is 0 Å². The Bertz CT molecular complexity index is 130. The summed E-state index contributed by atoms with van der Waals surface area (Å²) in [5, 5.41) is 0. The molecule has 1 N–H and O–H groups in total. The Morgan fingerprint density at radius 1 is 1.62 bits per heavy atom. The zero-order valence-corrected chi connectivity index (χ0v) is 4.85. The summed E-state index contributed by atoms with van der Waals surface area (Å²) in [6.45, 7) is 3.74. The van der Waals surface area contributed by atoms with Crippen LogP contribution in [-0.2, 0) is 6.42 Å². The van der Waals surface area contributed by atoms with E-state index in [1.807, 2.05) is 12.3 Å². The fourth-order valence-corrected chi connectivity index (χ4v) is 0.713. The first-order valence-corrected chi connectivity index (χ1v) is 2.85. The van der Waals surface area contributed by atoms with Gasteiger partial charge in [-0.15, -0.1) is 0 Å². The van der Waals surface area contributed by atoms with E-state index in [1.54, 1.807) is 0 Å². The van der Waals surface area contributed by atoms with Gasteiger partial charge in [0.1, 0.15) is 0 Å². The summed E-state index contributed by atoms with van der Waals surface area (Å²) in [5.41, 5.74) is 1.28. The van der Waals surface area contributed by atoms with Crippen molar-refractivity contribution in [1.82, 2.24) is 4.98 Å². The van der Waals surface area contributed by atoms with Gasteiger partial charge in [-0.05, 0) is 25.0 Å². The molecule has 0 bridgehead atoms. The molecule has 1 heteroatoms. The van der Waals surface area contributed by atoms with Crippen LogP contribution in [0.15, 0.2) is 18.3 Å². The maximum absolute atomic E-state index is 3.74. The Hall–Kier alpha value is -0.720. The number of hydrogen-bond donors (Lipinski definition) is 1. The molecule has 0 atom stereocenters. The van der Waals surface area contributed by atoms with E-state index in [-0.39, 0.29) is 0 Å². The summed E-state index contributed by atoms with van der Waals surface area (Å²) < 4.78 is 0. The minimum Gasteiger partial charge on any atom is -0.365 e. The molecule has 0 aliphatic carbocycles. The minimum atomic E-state index is 0.973. The lowest BCUT2D eigenvalue weighted by Gasteiger charge is -1.87. The van der Waals surface area contributed by atoms with E-state index in [4.69, 9.17) is 0 Å². The molecule has 0 unspecified atom stereocenters. The van der Waals surface area contributed by atoms with Crippen molar-refractivity contribution >= 4 is 0 Å². The minimum absolute atomic E-state index is 0.973. The molecule has 0 saturated carbocycles. The number of rotatable bonds is 2. The van der Waals surface area contributed by atoms with E-state index in [1.165, 1.54) is 5.69 Å². The van der Waals surface area contributed by atoms with Gasteiger partial charge < -0.3 is 4.98 Å². The van der Waals surface area contributed by atoms with Crippen LogP contribution in [0, 0.1) is 6.92 Å². The second-order valence-corrected chi connectivity index (χ2v) is 1.80. The Morgan fingerprint density at radius 3 is 3.00 bits per heavy atom. The topological polar surface area (TPSA) is 15.8 Å². The third kappa shape index (κ3) is 1.12. The monoisotopic (exact) mass is 108 g/mol. The van der Waals surface area contributed by atoms with E-state index < -0.39 is 0 Å². The van der Waals surface area contributed by atoms with Crippen molar-refractivity contribution in [1.29, 1.82) is 0 Å². The molecule has 1 rings (SSSR count). The Morgan fingerprint density at radius 2 is 2.50 bits per heavy atom. The van der Waals surface area contributed by atoms with Gasteiger partial charge in [-0.25, -0.2) is 0 Å². The second-order valence-electron chi connectivity index (χ2n) is 1.80. The smallest absolute Gasteiger partial charge is 0.0147 e. The standard InChI is InChI=1S/C7H10N/c1-2-4-7-5-3-6-8-7/h3,5-6,8H,1-2,4H2. The maximum atomic E-state index is 3.74. The van der Waals surface area contributed by atoms with Gasteiger partial charge in [0.05, 0.1) is 0 Å². The predicted molar refractivity (Wildman–Crippen MR) is 34.5 cm³/mol. The van der Waals surface area contributed by atoms with E-state index >= 15 is 0 Å². The molecule has 1 nitrogen and oxygen atoms in total. The van der Waals surface area contributed by atoms with Gasteiger partial charge >= 0.3 is 0 Å². The number of aromatic amines is 1. The molecule has 0 saturated heterocycles.